The average Bonchev–Trinajstić information content (AvgIpc) is 3.31. The van der Waals surface area contributed by atoms with Crippen LogP contribution in [0.4, 0.5) is 0 Å². The molecule has 2 fully saturated rings. The molecule has 2 nitrogen and oxygen atoms in total. The van der Waals surface area contributed by atoms with Crippen molar-refractivity contribution in [3.05, 3.63) is 23.8 Å². The summed E-state index contributed by atoms with van der Waals surface area (Å²) in [5, 5.41) is 1.41. The van der Waals surface area contributed by atoms with E-state index < -0.39 is 7.26 Å². The summed E-state index contributed by atoms with van der Waals surface area (Å²) >= 11 is 6.72. The Balaban J connectivity index is 0.00000243. The number of hydrogen-bond donors (Lipinski definition) is 0. The molecule has 0 bridgehead atoms. The van der Waals surface area contributed by atoms with Crippen molar-refractivity contribution in [3.8, 4) is 11.5 Å². The first kappa shape index (κ1) is 22.5. The SMILES string of the molecule is CCOc1cc(OCC)cc([P+]([CH-]Cl)(C2CCCC2)C2CCCC2)c1.[Pd]. The minimum absolute atomic E-state index is 0. The summed E-state index contributed by atoms with van der Waals surface area (Å²) < 4.78 is 11.8. The largest absolute Gasteiger partial charge is 0.494 e. The first-order valence-corrected chi connectivity index (χ1v) is 12.4. The summed E-state index contributed by atoms with van der Waals surface area (Å²) in [4.78, 5) is 0. The van der Waals surface area contributed by atoms with Gasteiger partial charge in [0.25, 0.3) is 0 Å². The Morgan fingerprint density at radius 1 is 0.885 bits per heavy atom. The standard InChI is InChI=1S/C21H32ClO2P.Pd/c1-3-23-17-13-18(24-4-2)15-21(14-17)25(16-22,19-9-5-6-10-19)20-11-7-8-12-20;/h13-16,19-20H,3-12H2,1-2H3;. The van der Waals surface area contributed by atoms with Gasteiger partial charge < -0.3 is 21.1 Å². The molecular formula is C21H32ClO2PPd. The van der Waals surface area contributed by atoms with Gasteiger partial charge in [-0.2, -0.15) is 0 Å². The van der Waals surface area contributed by atoms with E-state index in [0.717, 1.165) is 22.8 Å². The van der Waals surface area contributed by atoms with Crippen LogP contribution >= 0.6 is 18.9 Å². The molecule has 0 heterocycles. The summed E-state index contributed by atoms with van der Waals surface area (Å²) in [6.07, 6.45) is 10.7. The van der Waals surface area contributed by atoms with Gasteiger partial charge in [-0.3, -0.25) is 0 Å². The van der Waals surface area contributed by atoms with Gasteiger partial charge in [0.1, 0.15) is 11.5 Å². The molecule has 26 heavy (non-hydrogen) atoms. The van der Waals surface area contributed by atoms with Crippen LogP contribution < -0.4 is 14.8 Å². The van der Waals surface area contributed by atoms with E-state index in [0.29, 0.717) is 13.2 Å². The first-order chi connectivity index (χ1) is 12.2. The van der Waals surface area contributed by atoms with E-state index in [1.807, 2.05) is 19.9 Å². The van der Waals surface area contributed by atoms with E-state index >= 15 is 0 Å². The third kappa shape index (κ3) is 4.60. The van der Waals surface area contributed by atoms with Gasteiger partial charge in [-0.05, 0) is 65.2 Å². The molecule has 2 aliphatic rings. The van der Waals surface area contributed by atoms with Crippen LogP contribution in [-0.4, -0.2) is 24.5 Å². The van der Waals surface area contributed by atoms with Gasteiger partial charge in [0, 0.05) is 49.9 Å². The Morgan fingerprint density at radius 2 is 1.31 bits per heavy atom. The molecular weight excluding hydrogens is 457 g/mol. The molecule has 0 amide bonds. The van der Waals surface area contributed by atoms with Crippen molar-refractivity contribution in [1.29, 1.82) is 0 Å². The van der Waals surface area contributed by atoms with Crippen LogP contribution in [0.5, 0.6) is 11.5 Å². The first-order valence-electron chi connectivity index (χ1n) is 9.98. The predicted octanol–water partition coefficient (Wildman–Crippen LogP) is 6.37. The molecule has 0 spiro atoms. The maximum absolute atomic E-state index is 6.72. The zero-order valence-electron chi connectivity index (χ0n) is 16.0. The van der Waals surface area contributed by atoms with Gasteiger partial charge in [-0.25, -0.2) is 0 Å². The summed E-state index contributed by atoms with van der Waals surface area (Å²) in [5.74, 6) is 1.87. The van der Waals surface area contributed by atoms with Crippen LogP contribution in [0.25, 0.3) is 0 Å². The third-order valence-corrected chi connectivity index (χ3v) is 11.8. The molecule has 0 atom stereocenters. The van der Waals surface area contributed by atoms with E-state index in [4.69, 9.17) is 21.1 Å². The Morgan fingerprint density at radius 3 is 1.65 bits per heavy atom. The second-order valence-electron chi connectivity index (χ2n) is 7.34. The second kappa shape index (κ2) is 10.7. The maximum atomic E-state index is 6.72. The molecule has 3 rings (SSSR count). The molecule has 2 aliphatic carbocycles. The average molecular weight is 489 g/mol. The van der Waals surface area contributed by atoms with E-state index in [1.165, 1.54) is 56.7 Å². The van der Waals surface area contributed by atoms with Crippen molar-refractivity contribution in [2.75, 3.05) is 13.2 Å². The molecule has 0 aromatic heterocycles. The van der Waals surface area contributed by atoms with Gasteiger partial charge in [-0.1, -0.05) is 12.9 Å². The zero-order valence-corrected chi connectivity index (χ0v) is 19.2. The van der Waals surface area contributed by atoms with Crippen molar-refractivity contribution in [2.24, 2.45) is 0 Å². The monoisotopic (exact) mass is 488 g/mol. The molecule has 1 aromatic rings. The molecule has 0 saturated heterocycles. The minimum Gasteiger partial charge on any atom is -0.494 e. The molecule has 0 N–H and O–H groups in total. The molecule has 150 valence electrons. The fourth-order valence-electron chi connectivity index (χ4n) is 4.88. The van der Waals surface area contributed by atoms with Crippen molar-refractivity contribution in [3.63, 3.8) is 0 Å². The zero-order chi connectivity index (χ0) is 17.7. The number of benzene rings is 1. The van der Waals surface area contributed by atoms with Crippen LogP contribution in [-0.2, 0) is 20.4 Å². The number of ether oxygens (including phenoxy) is 2. The van der Waals surface area contributed by atoms with E-state index in [-0.39, 0.29) is 20.4 Å². The molecule has 1 aromatic carbocycles. The Labute approximate surface area is 178 Å². The van der Waals surface area contributed by atoms with Crippen LogP contribution in [0.3, 0.4) is 0 Å². The van der Waals surface area contributed by atoms with E-state index in [1.54, 1.807) is 0 Å². The Kier molecular flexibility index (Phi) is 9.23. The van der Waals surface area contributed by atoms with Crippen LogP contribution in [0.2, 0.25) is 0 Å². The fourth-order valence-corrected chi connectivity index (χ4v) is 11.2. The second-order valence-corrected chi connectivity index (χ2v) is 11.8. The predicted molar refractivity (Wildman–Crippen MR) is 110 cm³/mol. The molecule has 5 heteroatoms. The topological polar surface area (TPSA) is 18.5 Å². The summed E-state index contributed by atoms with van der Waals surface area (Å²) in [6, 6.07) is 6.58. The molecule has 0 unspecified atom stereocenters. The smallest absolute Gasteiger partial charge is 0.126 e. The number of halogens is 1. The van der Waals surface area contributed by atoms with E-state index in [9.17, 15) is 0 Å². The van der Waals surface area contributed by atoms with Gasteiger partial charge >= 0.3 is 0 Å². The van der Waals surface area contributed by atoms with Crippen LogP contribution in [0.1, 0.15) is 65.2 Å². The third-order valence-electron chi connectivity index (χ3n) is 5.95. The minimum atomic E-state index is -1.55. The van der Waals surface area contributed by atoms with Crippen molar-refractivity contribution >= 4 is 24.2 Å². The van der Waals surface area contributed by atoms with Crippen molar-refractivity contribution in [1.82, 2.24) is 0 Å². The van der Waals surface area contributed by atoms with Gasteiger partial charge in [0.05, 0.1) is 18.5 Å². The van der Waals surface area contributed by atoms with Gasteiger partial charge in [0.2, 0.25) is 0 Å². The Hall–Kier alpha value is 0.202. The molecule has 0 radical (unpaired) electrons. The van der Waals surface area contributed by atoms with Crippen molar-refractivity contribution < 1.29 is 29.9 Å². The van der Waals surface area contributed by atoms with Gasteiger partial charge in [-0.15, -0.1) is 0 Å². The molecule has 0 aliphatic heterocycles. The van der Waals surface area contributed by atoms with Crippen molar-refractivity contribution in [2.45, 2.75) is 76.5 Å². The number of rotatable bonds is 8. The summed E-state index contributed by atoms with van der Waals surface area (Å²) in [5.41, 5.74) is 3.62. The van der Waals surface area contributed by atoms with Crippen LogP contribution in [0, 0.1) is 5.62 Å². The molecule has 2 saturated carbocycles. The summed E-state index contributed by atoms with van der Waals surface area (Å²) in [7, 11) is -1.55. The van der Waals surface area contributed by atoms with Gasteiger partial charge in [0.15, 0.2) is 0 Å². The van der Waals surface area contributed by atoms with E-state index in [2.05, 4.69) is 17.8 Å². The summed E-state index contributed by atoms with van der Waals surface area (Å²) in [6.45, 7) is 5.43. The normalized spacial score (nSPS) is 18.7. The van der Waals surface area contributed by atoms with Crippen LogP contribution in [0.15, 0.2) is 18.2 Å². The maximum Gasteiger partial charge on any atom is 0.126 e. The Bertz CT molecular complexity index is 517. The fraction of sp³-hybridized carbons (Fsp3) is 0.667. The number of hydrogen-bond acceptors (Lipinski definition) is 2. The quantitative estimate of drug-likeness (QED) is 0.240.